The van der Waals surface area contributed by atoms with E-state index in [1.54, 1.807) is 0 Å². The second-order valence-corrected chi connectivity index (χ2v) is 5.37. The highest BCUT2D eigenvalue weighted by Gasteiger charge is 2.34. The number of ether oxygens (including phenoxy) is 1. The number of carbonyl (C=O) groups excluding carboxylic acids is 1. The van der Waals surface area contributed by atoms with Gasteiger partial charge in [-0.1, -0.05) is 13.3 Å². The first-order valence-electron chi connectivity index (χ1n) is 7.13. The number of likely N-dealkylation sites (N-methyl/N-ethyl adjacent to an activating group) is 1. The van der Waals surface area contributed by atoms with Gasteiger partial charge in [-0.15, -0.1) is 0 Å². The number of esters is 1. The Balaban J connectivity index is 2.70. The Bertz CT molecular complexity index is 259. The molecule has 106 valence electrons. The second kappa shape index (κ2) is 7.10. The Labute approximate surface area is 111 Å². The highest BCUT2D eigenvalue weighted by molar-refractivity contribution is 5.75. The van der Waals surface area contributed by atoms with Crippen molar-refractivity contribution in [1.29, 1.82) is 0 Å². The molecule has 3 atom stereocenters. The fourth-order valence-electron chi connectivity index (χ4n) is 2.66. The van der Waals surface area contributed by atoms with E-state index >= 15 is 0 Å². The minimum Gasteiger partial charge on any atom is -0.465 e. The molecule has 3 unspecified atom stereocenters. The third-order valence-corrected chi connectivity index (χ3v) is 3.95. The fourth-order valence-corrected chi connectivity index (χ4v) is 2.66. The Hall–Kier alpha value is -0.610. The van der Waals surface area contributed by atoms with E-state index < -0.39 is 0 Å². The normalized spacial score (nSPS) is 28.1. The summed E-state index contributed by atoms with van der Waals surface area (Å²) in [5.74, 6) is -0.0525. The van der Waals surface area contributed by atoms with E-state index in [0.29, 0.717) is 18.7 Å². The molecule has 18 heavy (non-hydrogen) atoms. The number of nitrogens with zero attached hydrogens (tertiary/aromatic N) is 2. The van der Waals surface area contributed by atoms with Crippen LogP contribution >= 0.6 is 0 Å². The number of rotatable bonds is 5. The third kappa shape index (κ3) is 3.69. The lowest BCUT2D eigenvalue weighted by Crippen LogP contribution is -2.59. The Kier molecular flexibility index (Phi) is 6.09. The summed E-state index contributed by atoms with van der Waals surface area (Å²) < 4.78 is 5.21. The smallest absolute Gasteiger partial charge is 0.323 e. The predicted octanol–water partition coefficient (Wildman–Crippen LogP) is 1.74. The van der Waals surface area contributed by atoms with Gasteiger partial charge in [-0.05, 0) is 34.2 Å². The molecule has 1 saturated heterocycles. The molecule has 0 spiro atoms. The first-order valence-corrected chi connectivity index (χ1v) is 7.13. The van der Waals surface area contributed by atoms with E-state index in [9.17, 15) is 4.79 Å². The molecule has 1 aliphatic rings. The van der Waals surface area contributed by atoms with Crippen LogP contribution in [-0.4, -0.2) is 60.6 Å². The first kappa shape index (κ1) is 15.4. The molecule has 0 aromatic heterocycles. The molecule has 0 N–H and O–H groups in total. The van der Waals surface area contributed by atoms with E-state index in [-0.39, 0.29) is 12.0 Å². The Morgan fingerprint density at radius 2 is 1.83 bits per heavy atom. The van der Waals surface area contributed by atoms with Crippen LogP contribution in [0.5, 0.6) is 0 Å². The summed E-state index contributed by atoms with van der Waals surface area (Å²) in [6, 6.07) is 0.915. The molecule has 4 heteroatoms. The molecule has 0 aromatic carbocycles. The van der Waals surface area contributed by atoms with Gasteiger partial charge < -0.3 is 4.74 Å². The predicted molar refractivity (Wildman–Crippen MR) is 73.6 cm³/mol. The van der Waals surface area contributed by atoms with Gasteiger partial charge in [0, 0.05) is 25.2 Å². The van der Waals surface area contributed by atoms with Gasteiger partial charge in [0.05, 0.1) is 6.61 Å². The van der Waals surface area contributed by atoms with Crippen LogP contribution in [0.15, 0.2) is 0 Å². The van der Waals surface area contributed by atoms with Crippen molar-refractivity contribution in [2.45, 2.75) is 58.7 Å². The molecule has 1 fully saturated rings. The molecular formula is C14H28N2O2. The zero-order valence-electron chi connectivity index (χ0n) is 12.5. The molecule has 0 saturated carbocycles. The van der Waals surface area contributed by atoms with Crippen molar-refractivity contribution in [3.8, 4) is 0 Å². The van der Waals surface area contributed by atoms with E-state index in [4.69, 9.17) is 4.74 Å². The summed E-state index contributed by atoms with van der Waals surface area (Å²) in [5.41, 5.74) is 0. The van der Waals surface area contributed by atoms with Gasteiger partial charge in [-0.3, -0.25) is 14.6 Å². The third-order valence-electron chi connectivity index (χ3n) is 3.95. The molecule has 0 radical (unpaired) electrons. The quantitative estimate of drug-likeness (QED) is 0.702. The highest BCUT2D eigenvalue weighted by atomic mass is 16.5. The van der Waals surface area contributed by atoms with E-state index in [1.807, 2.05) is 6.92 Å². The van der Waals surface area contributed by atoms with Crippen LogP contribution in [0.2, 0.25) is 0 Å². The van der Waals surface area contributed by atoms with Gasteiger partial charge in [0.25, 0.3) is 0 Å². The van der Waals surface area contributed by atoms with Crippen LogP contribution in [0.25, 0.3) is 0 Å². The topological polar surface area (TPSA) is 32.8 Å². The van der Waals surface area contributed by atoms with Crippen molar-refractivity contribution in [1.82, 2.24) is 9.80 Å². The van der Waals surface area contributed by atoms with Crippen LogP contribution in [0.1, 0.15) is 40.5 Å². The molecule has 4 nitrogen and oxygen atoms in total. The van der Waals surface area contributed by atoms with Crippen LogP contribution in [-0.2, 0) is 9.53 Å². The summed E-state index contributed by atoms with van der Waals surface area (Å²) in [7, 11) is 2.16. The van der Waals surface area contributed by atoms with Crippen LogP contribution in [0.4, 0.5) is 0 Å². The van der Waals surface area contributed by atoms with Crippen molar-refractivity contribution >= 4 is 5.97 Å². The van der Waals surface area contributed by atoms with E-state index in [1.165, 1.54) is 0 Å². The van der Waals surface area contributed by atoms with Crippen molar-refractivity contribution < 1.29 is 9.53 Å². The Morgan fingerprint density at radius 1 is 1.28 bits per heavy atom. The lowest BCUT2D eigenvalue weighted by molar-refractivity contribution is -0.151. The molecule has 0 amide bonds. The molecule has 1 heterocycles. The largest absolute Gasteiger partial charge is 0.465 e. The summed E-state index contributed by atoms with van der Waals surface area (Å²) in [6.45, 7) is 10.8. The van der Waals surface area contributed by atoms with Gasteiger partial charge in [0.1, 0.15) is 6.04 Å². The number of hydrogen-bond donors (Lipinski definition) is 0. The van der Waals surface area contributed by atoms with E-state index in [0.717, 1.165) is 25.9 Å². The van der Waals surface area contributed by atoms with Crippen LogP contribution in [0, 0.1) is 0 Å². The summed E-state index contributed by atoms with van der Waals surface area (Å²) >= 11 is 0. The van der Waals surface area contributed by atoms with Gasteiger partial charge in [-0.2, -0.15) is 0 Å². The first-order chi connectivity index (χ1) is 8.51. The maximum Gasteiger partial charge on any atom is 0.323 e. The zero-order valence-corrected chi connectivity index (χ0v) is 12.5. The minimum absolute atomic E-state index is 0.0525. The summed E-state index contributed by atoms with van der Waals surface area (Å²) in [5, 5.41) is 0. The zero-order chi connectivity index (χ0) is 13.7. The van der Waals surface area contributed by atoms with Crippen molar-refractivity contribution in [2.24, 2.45) is 0 Å². The highest BCUT2D eigenvalue weighted by Crippen LogP contribution is 2.19. The molecule has 0 bridgehead atoms. The van der Waals surface area contributed by atoms with Crippen molar-refractivity contribution in [3.05, 3.63) is 0 Å². The van der Waals surface area contributed by atoms with Gasteiger partial charge in [0.2, 0.25) is 0 Å². The second-order valence-electron chi connectivity index (χ2n) is 5.37. The molecular weight excluding hydrogens is 228 g/mol. The lowest BCUT2D eigenvalue weighted by Gasteiger charge is -2.44. The molecule has 1 rings (SSSR count). The van der Waals surface area contributed by atoms with Gasteiger partial charge in [-0.25, -0.2) is 0 Å². The maximum absolute atomic E-state index is 12.0. The lowest BCUT2D eigenvalue weighted by atomic mass is 10.0. The summed E-state index contributed by atoms with van der Waals surface area (Å²) in [6.07, 6.45) is 1.90. The number of hydrogen-bond acceptors (Lipinski definition) is 4. The van der Waals surface area contributed by atoms with E-state index in [2.05, 4.69) is 37.6 Å². The molecule has 1 aliphatic heterocycles. The maximum atomic E-state index is 12.0. The minimum atomic E-state index is -0.0615. The number of piperazine rings is 1. The van der Waals surface area contributed by atoms with Crippen molar-refractivity contribution in [2.75, 3.05) is 26.7 Å². The average Bonchev–Trinajstić information content (AvgIpc) is 2.32. The molecule has 0 aromatic rings. The van der Waals surface area contributed by atoms with Gasteiger partial charge in [0.15, 0.2) is 0 Å². The number of carbonyl (C=O) groups is 1. The summed E-state index contributed by atoms with van der Waals surface area (Å²) in [4.78, 5) is 16.7. The van der Waals surface area contributed by atoms with Crippen LogP contribution in [0.3, 0.4) is 0 Å². The average molecular weight is 256 g/mol. The van der Waals surface area contributed by atoms with Gasteiger partial charge >= 0.3 is 5.97 Å². The monoisotopic (exact) mass is 256 g/mol. The molecule has 0 aliphatic carbocycles. The Morgan fingerprint density at radius 3 is 2.28 bits per heavy atom. The van der Waals surface area contributed by atoms with Crippen molar-refractivity contribution in [3.63, 3.8) is 0 Å². The van der Waals surface area contributed by atoms with Crippen LogP contribution < -0.4 is 0 Å². The standard InChI is InChI=1S/C14H28N2O2/c1-6-8-13(14(17)18-7-2)16-9-11(3)15(5)12(4)10-16/h11-13H,6-10H2,1-5H3. The SMILES string of the molecule is CCCC(C(=O)OCC)N1CC(C)N(C)C(C)C1. The fraction of sp³-hybridized carbons (Fsp3) is 0.929.